The molecule has 5 heteroatoms. The molecule has 0 radical (unpaired) electrons. The van der Waals surface area contributed by atoms with Gasteiger partial charge in [0.15, 0.2) is 17.3 Å². The molecule has 2 heterocycles. The Morgan fingerprint density at radius 2 is 1.46 bits per heavy atom. The average Bonchev–Trinajstić information content (AvgIpc) is 3.90. The maximum atomic E-state index is 9.33. The Bertz CT molecular complexity index is 2830. The van der Waals surface area contributed by atoms with Crippen molar-refractivity contribution in [2.24, 2.45) is 4.99 Å². The van der Waals surface area contributed by atoms with Crippen LogP contribution in [0.2, 0.25) is 0 Å². The summed E-state index contributed by atoms with van der Waals surface area (Å²) in [6.07, 6.45) is 32.1. The number of fused-ring (bicyclic) bond motifs is 3. The molecule has 0 aromatic heterocycles. The number of allylic oxidation sites excluding steroid dienone is 12. The number of benzene rings is 5. The first kappa shape index (κ1) is 55.7. The number of hydrogen-bond donors (Lipinski definition) is 1. The van der Waals surface area contributed by atoms with Crippen LogP contribution >= 0.6 is 0 Å². The highest BCUT2D eigenvalue weighted by Crippen LogP contribution is 2.52. The van der Waals surface area contributed by atoms with E-state index in [9.17, 15) is 5.41 Å². The van der Waals surface area contributed by atoms with E-state index in [0.29, 0.717) is 0 Å². The van der Waals surface area contributed by atoms with Gasteiger partial charge >= 0.3 is 0 Å². The van der Waals surface area contributed by atoms with Crippen molar-refractivity contribution in [2.75, 3.05) is 9.80 Å². The van der Waals surface area contributed by atoms with Crippen LogP contribution in [0.25, 0.3) is 11.6 Å². The van der Waals surface area contributed by atoms with Crippen LogP contribution in [0, 0.1) is 12.3 Å². The second-order valence-corrected chi connectivity index (χ2v) is 16.8. The zero-order valence-electron chi connectivity index (χ0n) is 45.2. The van der Waals surface area contributed by atoms with Crippen molar-refractivity contribution in [2.45, 2.75) is 127 Å². The number of rotatable bonds is 10. The van der Waals surface area contributed by atoms with E-state index in [4.69, 9.17) is 16.3 Å². The maximum Gasteiger partial charge on any atom is 0.152 e. The quantitative estimate of drug-likeness (QED) is 0.0862. The van der Waals surface area contributed by atoms with Gasteiger partial charge in [-0.2, -0.15) is 0 Å². The predicted molar refractivity (Wildman–Crippen MR) is 316 cm³/mol. The van der Waals surface area contributed by atoms with Gasteiger partial charge in [-0.25, -0.2) is 4.99 Å². The molecule has 5 aromatic carbocycles. The number of ether oxygens (including phenoxy) is 1. The van der Waals surface area contributed by atoms with Crippen molar-refractivity contribution < 1.29 is 4.74 Å². The van der Waals surface area contributed by atoms with Crippen LogP contribution in [0.5, 0.6) is 11.5 Å². The van der Waals surface area contributed by atoms with Gasteiger partial charge in [-0.3, -0.25) is 5.41 Å². The summed E-state index contributed by atoms with van der Waals surface area (Å²) in [5.74, 6) is 2.04. The summed E-state index contributed by atoms with van der Waals surface area (Å²) in [6, 6.07) is 38.0. The van der Waals surface area contributed by atoms with Gasteiger partial charge in [-0.1, -0.05) is 190 Å². The van der Waals surface area contributed by atoms with E-state index in [2.05, 4.69) is 182 Å². The van der Waals surface area contributed by atoms with Crippen LogP contribution in [0.15, 0.2) is 199 Å². The standard InChI is InChI=1S/C59H56N4O.4C2H6/c1-5-7-22-43-33-38-53-57(42(43)4)48(21-6-2)39-54(41(3)47-34-37-52-56(40-47)64-55-30-20-19-29-51(55)62(52)49-27-17-10-11-18-28-49)63(53)50-35-31-46(32-36-50)59(60)61-58(45-25-15-12-16-26-45)44-23-13-8-9-14-24-44;4*1-2/h6-8,10-13,15-17,19-23,25-38,40,48,54,60H,3,5,9,14,18,24,39H2,1-2,4H3;4*1-2H3/b21-6-,22-7-,60-59?,61-58?;;;;. The van der Waals surface area contributed by atoms with Crippen molar-refractivity contribution in [1.82, 2.24) is 0 Å². The zero-order chi connectivity index (χ0) is 52.0. The lowest BCUT2D eigenvalue weighted by atomic mass is 9.78. The van der Waals surface area contributed by atoms with Crippen molar-refractivity contribution in [1.29, 1.82) is 5.41 Å². The number of anilines is 4. The van der Waals surface area contributed by atoms with E-state index in [-0.39, 0.29) is 17.8 Å². The van der Waals surface area contributed by atoms with Crippen LogP contribution in [0.4, 0.5) is 22.7 Å². The fourth-order valence-electron chi connectivity index (χ4n) is 9.50. The third-order valence-electron chi connectivity index (χ3n) is 12.7. The van der Waals surface area contributed by atoms with Crippen LogP contribution in [-0.4, -0.2) is 17.6 Å². The summed E-state index contributed by atoms with van der Waals surface area (Å²) in [5.41, 5.74) is 15.1. The first-order valence-electron chi connectivity index (χ1n) is 26.8. The molecule has 0 saturated carbocycles. The van der Waals surface area contributed by atoms with Gasteiger partial charge in [0.2, 0.25) is 0 Å². The molecule has 9 rings (SSSR count). The fourth-order valence-corrected chi connectivity index (χ4v) is 9.50. The molecular formula is C67H80N4O. The third-order valence-corrected chi connectivity index (χ3v) is 12.7. The summed E-state index contributed by atoms with van der Waals surface area (Å²) in [5, 5.41) is 9.33. The number of aliphatic imine (C=N–C) groups is 1. The molecule has 0 spiro atoms. The Hall–Kier alpha value is -7.24. The van der Waals surface area contributed by atoms with E-state index in [1.54, 1.807) is 0 Å². The number of nitrogens with one attached hydrogen (secondary N) is 1. The molecule has 2 atom stereocenters. The Balaban J connectivity index is 0.00000115. The fraction of sp³-hybridized carbons (Fsp3) is 0.284. The molecule has 0 bridgehead atoms. The molecule has 5 nitrogen and oxygen atoms in total. The Morgan fingerprint density at radius 3 is 2.19 bits per heavy atom. The monoisotopic (exact) mass is 957 g/mol. The minimum absolute atomic E-state index is 0.0861. The normalized spacial score (nSPS) is 16.5. The second kappa shape index (κ2) is 28.6. The van der Waals surface area contributed by atoms with E-state index in [1.807, 2.05) is 85.7 Å². The number of para-hydroxylation sites is 2. The Morgan fingerprint density at radius 1 is 0.764 bits per heavy atom. The van der Waals surface area contributed by atoms with Crippen molar-refractivity contribution in [3.63, 3.8) is 0 Å². The van der Waals surface area contributed by atoms with Gasteiger partial charge in [-0.15, -0.1) is 0 Å². The molecule has 0 saturated heterocycles. The van der Waals surface area contributed by atoms with Gasteiger partial charge < -0.3 is 14.5 Å². The summed E-state index contributed by atoms with van der Waals surface area (Å²) >= 11 is 0. The van der Waals surface area contributed by atoms with Gasteiger partial charge in [-0.05, 0) is 146 Å². The van der Waals surface area contributed by atoms with Crippen molar-refractivity contribution in [3.05, 3.63) is 227 Å². The van der Waals surface area contributed by atoms with Gasteiger partial charge in [0.1, 0.15) is 0 Å². The summed E-state index contributed by atoms with van der Waals surface area (Å²) in [6.45, 7) is 27.5. The molecule has 374 valence electrons. The molecule has 2 unspecified atom stereocenters. The van der Waals surface area contributed by atoms with E-state index < -0.39 is 0 Å². The van der Waals surface area contributed by atoms with Crippen LogP contribution < -0.4 is 14.5 Å². The molecule has 0 fully saturated rings. The molecule has 5 aromatic rings. The van der Waals surface area contributed by atoms with Crippen molar-refractivity contribution >= 4 is 45.9 Å². The number of amidine groups is 1. The van der Waals surface area contributed by atoms with Crippen LogP contribution in [-0.2, 0) is 0 Å². The topological polar surface area (TPSA) is 51.9 Å². The summed E-state index contributed by atoms with van der Waals surface area (Å²) < 4.78 is 6.71. The average molecular weight is 957 g/mol. The lowest BCUT2D eigenvalue weighted by Crippen LogP contribution is -2.38. The Kier molecular flexibility index (Phi) is 22.1. The van der Waals surface area contributed by atoms with Crippen LogP contribution in [0.1, 0.15) is 147 Å². The third kappa shape index (κ3) is 12.8. The first-order chi connectivity index (χ1) is 35.4. The van der Waals surface area contributed by atoms with Gasteiger partial charge in [0.25, 0.3) is 0 Å². The Labute approximate surface area is 434 Å². The number of hydrogen-bond acceptors (Lipinski definition) is 4. The minimum Gasteiger partial charge on any atom is -0.453 e. The molecule has 72 heavy (non-hydrogen) atoms. The van der Waals surface area contributed by atoms with Gasteiger partial charge in [0, 0.05) is 34.1 Å². The largest absolute Gasteiger partial charge is 0.453 e. The number of nitrogens with zero attached hydrogens (tertiary/aromatic N) is 3. The maximum absolute atomic E-state index is 9.33. The molecule has 1 N–H and O–H groups in total. The highest BCUT2D eigenvalue weighted by molar-refractivity contribution is 6.19. The SMILES string of the molecule is C=C(c1ccc2c(c1)Oc1ccccc1N2C1=CCC=CC=C1)C1CC(/C=C\C)c2c(ccc(/C=C\CC)c2C)N1c1ccc(C(=N)N=C(C2=CC=CCCC2)c2ccccc2)cc1.CC.CC.CC.CC. The molecule has 0 amide bonds. The summed E-state index contributed by atoms with van der Waals surface area (Å²) in [4.78, 5) is 9.82. The minimum atomic E-state index is -0.0861. The van der Waals surface area contributed by atoms with E-state index in [0.717, 1.165) is 106 Å². The van der Waals surface area contributed by atoms with Crippen LogP contribution in [0.3, 0.4) is 0 Å². The lowest BCUT2D eigenvalue weighted by molar-refractivity contribution is 0.476. The molecule has 2 aliphatic heterocycles. The summed E-state index contributed by atoms with van der Waals surface area (Å²) in [7, 11) is 0. The molecule has 2 aliphatic carbocycles. The molecular weight excluding hydrogens is 877 g/mol. The van der Waals surface area contributed by atoms with Gasteiger partial charge in [0.05, 0.1) is 23.1 Å². The second-order valence-electron chi connectivity index (χ2n) is 16.8. The first-order valence-corrected chi connectivity index (χ1v) is 26.8. The smallest absolute Gasteiger partial charge is 0.152 e. The van der Waals surface area contributed by atoms with E-state index in [1.165, 1.54) is 22.4 Å². The lowest BCUT2D eigenvalue weighted by Gasteiger charge is -2.44. The van der Waals surface area contributed by atoms with E-state index >= 15 is 0 Å². The predicted octanol–water partition coefficient (Wildman–Crippen LogP) is 19.9. The molecule has 4 aliphatic rings. The van der Waals surface area contributed by atoms with Crippen molar-refractivity contribution in [3.8, 4) is 11.5 Å². The highest BCUT2D eigenvalue weighted by atomic mass is 16.5. The zero-order valence-corrected chi connectivity index (χ0v) is 45.2. The highest BCUT2D eigenvalue weighted by Gasteiger charge is 2.37.